The zero-order valence-electron chi connectivity index (χ0n) is 13.4. The Morgan fingerprint density at radius 3 is 2.23 bits per heavy atom. The van der Waals surface area contributed by atoms with Gasteiger partial charge >= 0.3 is 5.97 Å². The summed E-state index contributed by atoms with van der Waals surface area (Å²) in [5.41, 5.74) is 6.36. The van der Waals surface area contributed by atoms with Crippen molar-refractivity contribution in [2.75, 3.05) is 11.9 Å². The molecular weight excluding hydrogens is 379 g/mol. The highest BCUT2D eigenvalue weighted by Gasteiger charge is 2.08. The molecule has 0 aromatic heterocycles. The zero-order chi connectivity index (χ0) is 19.1. The first-order chi connectivity index (χ1) is 12.4. The average Bonchev–Trinajstić information content (AvgIpc) is 2.60. The van der Waals surface area contributed by atoms with Crippen LogP contribution in [-0.2, 0) is 14.3 Å². The second kappa shape index (κ2) is 9.03. The van der Waals surface area contributed by atoms with Crippen molar-refractivity contribution >= 4 is 52.7 Å². The standard InChI is InChI=1S/C18H14Cl2N2O4/c19-14-2-1-3-15(20)13(14)8-9-17(24)26-10-16(23)22-12-6-4-11(5-7-12)18(21)25/h1-9H,10H2,(H2,21,25)(H,22,23)/b9-8+. The minimum atomic E-state index is -0.722. The number of benzene rings is 2. The number of rotatable bonds is 6. The summed E-state index contributed by atoms with van der Waals surface area (Å²) in [7, 11) is 0. The molecule has 8 heteroatoms. The minimum Gasteiger partial charge on any atom is -0.452 e. The van der Waals surface area contributed by atoms with E-state index in [1.807, 2.05) is 0 Å². The van der Waals surface area contributed by atoms with E-state index in [0.29, 0.717) is 26.9 Å². The second-order valence-corrected chi connectivity index (χ2v) is 5.88. The lowest BCUT2D eigenvalue weighted by atomic mass is 10.2. The number of carbonyl (C=O) groups is 3. The van der Waals surface area contributed by atoms with Crippen LogP contribution >= 0.6 is 23.2 Å². The highest BCUT2D eigenvalue weighted by molar-refractivity contribution is 6.37. The molecule has 0 fully saturated rings. The van der Waals surface area contributed by atoms with E-state index in [9.17, 15) is 14.4 Å². The number of hydrogen-bond donors (Lipinski definition) is 2. The summed E-state index contributed by atoms with van der Waals surface area (Å²) in [6.07, 6.45) is 2.54. The van der Waals surface area contributed by atoms with Gasteiger partial charge in [0, 0.05) is 32.9 Å². The summed E-state index contributed by atoms with van der Waals surface area (Å²) in [4.78, 5) is 34.4. The fraction of sp³-hybridized carbons (Fsp3) is 0.0556. The maximum Gasteiger partial charge on any atom is 0.331 e. The Kier molecular flexibility index (Phi) is 6.77. The summed E-state index contributed by atoms with van der Waals surface area (Å²) in [6, 6.07) is 10.9. The van der Waals surface area contributed by atoms with Gasteiger partial charge in [0.1, 0.15) is 0 Å². The Morgan fingerprint density at radius 1 is 1.04 bits per heavy atom. The number of primary amides is 1. The van der Waals surface area contributed by atoms with Crippen LogP contribution in [0.1, 0.15) is 15.9 Å². The van der Waals surface area contributed by atoms with Crippen molar-refractivity contribution in [3.05, 3.63) is 69.7 Å². The lowest BCUT2D eigenvalue weighted by Gasteiger charge is -2.06. The van der Waals surface area contributed by atoms with E-state index in [1.165, 1.54) is 30.3 Å². The molecule has 0 bridgehead atoms. The molecule has 6 nitrogen and oxygen atoms in total. The Labute approximate surface area is 159 Å². The molecule has 2 amide bonds. The maximum absolute atomic E-state index is 11.8. The summed E-state index contributed by atoms with van der Waals surface area (Å²) >= 11 is 12.0. The van der Waals surface area contributed by atoms with Gasteiger partial charge in [0.25, 0.3) is 5.91 Å². The molecule has 2 aromatic carbocycles. The van der Waals surface area contributed by atoms with Crippen LogP contribution in [0.25, 0.3) is 6.08 Å². The maximum atomic E-state index is 11.8. The van der Waals surface area contributed by atoms with E-state index < -0.39 is 24.4 Å². The Morgan fingerprint density at radius 2 is 1.65 bits per heavy atom. The first-order valence-corrected chi connectivity index (χ1v) is 8.11. The number of carbonyl (C=O) groups excluding carboxylic acids is 3. The molecule has 0 aliphatic heterocycles. The largest absolute Gasteiger partial charge is 0.452 e. The van der Waals surface area contributed by atoms with Gasteiger partial charge in [0.2, 0.25) is 5.91 Å². The molecule has 0 unspecified atom stereocenters. The van der Waals surface area contributed by atoms with Gasteiger partial charge in [-0.15, -0.1) is 0 Å². The highest BCUT2D eigenvalue weighted by Crippen LogP contribution is 2.25. The van der Waals surface area contributed by atoms with E-state index in [1.54, 1.807) is 18.2 Å². The third kappa shape index (κ3) is 5.61. The molecule has 3 N–H and O–H groups in total. The van der Waals surface area contributed by atoms with Crippen molar-refractivity contribution in [3.63, 3.8) is 0 Å². The van der Waals surface area contributed by atoms with Crippen LogP contribution in [0.4, 0.5) is 5.69 Å². The fourth-order valence-electron chi connectivity index (χ4n) is 1.92. The van der Waals surface area contributed by atoms with Crippen molar-refractivity contribution in [2.45, 2.75) is 0 Å². The molecule has 2 rings (SSSR count). The lowest BCUT2D eigenvalue weighted by Crippen LogP contribution is -2.20. The quantitative estimate of drug-likeness (QED) is 0.581. The van der Waals surface area contributed by atoms with Gasteiger partial charge in [-0.25, -0.2) is 4.79 Å². The number of anilines is 1. The van der Waals surface area contributed by atoms with Crippen molar-refractivity contribution < 1.29 is 19.1 Å². The summed E-state index contributed by atoms with van der Waals surface area (Å²) in [5.74, 6) is -1.82. The molecule has 0 aliphatic rings. The smallest absolute Gasteiger partial charge is 0.331 e. The van der Waals surface area contributed by atoms with E-state index in [2.05, 4.69) is 5.32 Å². The summed E-state index contributed by atoms with van der Waals surface area (Å²) in [6.45, 7) is -0.475. The predicted octanol–water partition coefficient (Wildman–Crippen LogP) is 3.29. The van der Waals surface area contributed by atoms with Gasteiger partial charge in [-0.1, -0.05) is 29.3 Å². The van der Waals surface area contributed by atoms with Crippen molar-refractivity contribution in [3.8, 4) is 0 Å². The molecule has 0 saturated carbocycles. The Hall–Kier alpha value is -2.83. The molecule has 0 heterocycles. The zero-order valence-corrected chi connectivity index (χ0v) is 14.9. The topological polar surface area (TPSA) is 98.5 Å². The van der Waals surface area contributed by atoms with Crippen molar-refractivity contribution in [1.82, 2.24) is 0 Å². The number of nitrogens with two attached hydrogens (primary N) is 1. The molecule has 26 heavy (non-hydrogen) atoms. The van der Waals surface area contributed by atoms with E-state index in [0.717, 1.165) is 6.08 Å². The Balaban J connectivity index is 1.86. The van der Waals surface area contributed by atoms with Crippen molar-refractivity contribution in [1.29, 1.82) is 0 Å². The molecule has 0 aliphatic carbocycles. The molecule has 0 radical (unpaired) electrons. The number of ether oxygens (including phenoxy) is 1. The number of hydrogen-bond acceptors (Lipinski definition) is 4. The number of nitrogens with one attached hydrogen (secondary N) is 1. The molecule has 134 valence electrons. The molecule has 0 spiro atoms. The van der Waals surface area contributed by atoms with Crippen LogP contribution in [0.3, 0.4) is 0 Å². The van der Waals surface area contributed by atoms with Gasteiger partial charge in [-0.2, -0.15) is 0 Å². The minimum absolute atomic E-state index is 0.317. The Bertz CT molecular complexity index is 844. The van der Waals surface area contributed by atoms with Gasteiger partial charge in [0.15, 0.2) is 6.61 Å². The van der Waals surface area contributed by atoms with Crippen LogP contribution in [0.5, 0.6) is 0 Å². The monoisotopic (exact) mass is 392 g/mol. The van der Waals surface area contributed by atoms with Gasteiger partial charge in [0.05, 0.1) is 0 Å². The third-order valence-electron chi connectivity index (χ3n) is 3.18. The fourth-order valence-corrected chi connectivity index (χ4v) is 2.44. The number of halogens is 2. The first-order valence-electron chi connectivity index (χ1n) is 7.35. The molecule has 0 atom stereocenters. The van der Waals surface area contributed by atoms with Crippen LogP contribution in [0.15, 0.2) is 48.5 Å². The molecular formula is C18H14Cl2N2O4. The SMILES string of the molecule is NC(=O)c1ccc(NC(=O)COC(=O)/C=C/c2c(Cl)cccc2Cl)cc1. The van der Waals surface area contributed by atoms with Crippen LogP contribution in [-0.4, -0.2) is 24.4 Å². The van der Waals surface area contributed by atoms with Crippen LogP contribution in [0.2, 0.25) is 10.0 Å². The molecule has 0 saturated heterocycles. The highest BCUT2D eigenvalue weighted by atomic mass is 35.5. The lowest BCUT2D eigenvalue weighted by molar-refractivity contribution is -0.142. The predicted molar refractivity (Wildman–Crippen MR) is 100 cm³/mol. The average molecular weight is 393 g/mol. The van der Waals surface area contributed by atoms with Crippen molar-refractivity contribution in [2.24, 2.45) is 5.73 Å². The van der Waals surface area contributed by atoms with Gasteiger partial charge in [-0.3, -0.25) is 9.59 Å². The van der Waals surface area contributed by atoms with Crippen LogP contribution < -0.4 is 11.1 Å². The number of amides is 2. The van der Waals surface area contributed by atoms with Gasteiger partial charge in [-0.05, 0) is 42.5 Å². The van der Waals surface area contributed by atoms with E-state index >= 15 is 0 Å². The third-order valence-corrected chi connectivity index (χ3v) is 3.84. The molecule has 2 aromatic rings. The normalized spacial score (nSPS) is 10.5. The summed E-state index contributed by atoms with van der Waals surface area (Å²) < 4.78 is 4.84. The number of esters is 1. The summed E-state index contributed by atoms with van der Waals surface area (Å²) in [5, 5.41) is 3.30. The van der Waals surface area contributed by atoms with E-state index in [-0.39, 0.29) is 0 Å². The second-order valence-electron chi connectivity index (χ2n) is 5.07. The van der Waals surface area contributed by atoms with E-state index in [4.69, 9.17) is 33.7 Å². The first kappa shape index (κ1) is 19.5. The van der Waals surface area contributed by atoms with Gasteiger partial charge < -0.3 is 15.8 Å². The van der Waals surface area contributed by atoms with Crippen LogP contribution in [0, 0.1) is 0 Å².